The van der Waals surface area contributed by atoms with Crippen LogP contribution in [0.4, 0.5) is 0 Å². The second-order valence-corrected chi connectivity index (χ2v) is 4.28. The van der Waals surface area contributed by atoms with Crippen molar-refractivity contribution in [1.82, 2.24) is 0 Å². The summed E-state index contributed by atoms with van der Waals surface area (Å²) in [4.78, 5) is 0. The third-order valence-corrected chi connectivity index (χ3v) is 2.81. The Labute approximate surface area is 88.5 Å². The number of aryl methyl sites for hydroxylation is 1. The van der Waals surface area contributed by atoms with E-state index in [1.165, 1.54) is 0 Å². The summed E-state index contributed by atoms with van der Waals surface area (Å²) in [7, 11) is 0. The second kappa shape index (κ2) is 3.44. The van der Waals surface area contributed by atoms with Crippen LogP contribution in [0, 0.1) is 6.92 Å². The van der Waals surface area contributed by atoms with E-state index < -0.39 is 0 Å². The minimum absolute atomic E-state index is 0.0667. The smallest absolute Gasteiger partial charge is 0.138 e. The van der Waals surface area contributed by atoms with E-state index in [1.54, 1.807) is 0 Å². The molecule has 0 heterocycles. The maximum atomic E-state index is 9.10. The summed E-state index contributed by atoms with van der Waals surface area (Å²) in [5.74, 6) is 0.670. The first kappa shape index (κ1) is 9.81. The average molecular weight is 213 g/mol. The zero-order valence-corrected chi connectivity index (χ0v) is 8.84. The quantitative estimate of drug-likeness (QED) is 0.835. The molecule has 3 heteroatoms. The van der Waals surface area contributed by atoms with Gasteiger partial charge in [0.1, 0.15) is 11.4 Å². The first-order valence-corrected chi connectivity index (χ1v) is 5.09. The van der Waals surface area contributed by atoms with E-state index in [1.807, 2.05) is 25.1 Å². The number of ether oxygens (including phenoxy) is 1. The molecule has 1 aliphatic rings. The van der Waals surface area contributed by atoms with Gasteiger partial charge in [-0.1, -0.05) is 17.7 Å². The molecule has 0 aliphatic heterocycles. The van der Waals surface area contributed by atoms with Gasteiger partial charge < -0.3 is 9.84 Å². The lowest BCUT2D eigenvalue weighted by Crippen LogP contribution is -2.22. The Bertz CT molecular complexity index is 345. The van der Waals surface area contributed by atoms with E-state index in [0.29, 0.717) is 10.8 Å². The van der Waals surface area contributed by atoms with Gasteiger partial charge in [-0.25, -0.2) is 0 Å². The van der Waals surface area contributed by atoms with Crippen molar-refractivity contribution in [2.24, 2.45) is 0 Å². The van der Waals surface area contributed by atoms with E-state index in [4.69, 9.17) is 21.4 Å². The zero-order chi connectivity index (χ0) is 10.2. The maximum absolute atomic E-state index is 9.10. The molecule has 14 heavy (non-hydrogen) atoms. The van der Waals surface area contributed by atoms with Gasteiger partial charge in [-0.2, -0.15) is 0 Å². The molecule has 1 aromatic carbocycles. The van der Waals surface area contributed by atoms with Crippen molar-refractivity contribution in [2.75, 3.05) is 6.61 Å². The molecule has 0 spiro atoms. The molecule has 0 bridgehead atoms. The monoisotopic (exact) mass is 212 g/mol. The molecule has 1 aromatic rings. The van der Waals surface area contributed by atoms with Gasteiger partial charge in [0, 0.05) is 0 Å². The molecule has 1 aliphatic carbocycles. The number of aliphatic hydroxyl groups is 1. The fraction of sp³-hybridized carbons (Fsp3) is 0.455. The Morgan fingerprint density at radius 3 is 2.71 bits per heavy atom. The summed E-state index contributed by atoms with van der Waals surface area (Å²) in [6, 6.07) is 5.67. The standard InChI is InChI=1S/C11H13ClO2/c1-8-2-3-10(9(12)6-8)14-11(7-13)4-5-11/h2-3,6,13H,4-5,7H2,1H3. The Morgan fingerprint density at radius 1 is 1.50 bits per heavy atom. The van der Waals surface area contributed by atoms with Gasteiger partial charge >= 0.3 is 0 Å². The van der Waals surface area contributed by atoms with Gasteiger partial charge in [0.2, 0.25) is 0 Å². The fourth-order valence-electron chi connectivity index (χ4n) is 1.35. The number of rotatable bonds is 3. The lowest BCUT2D eigenvalue weighted by molar-refractivity contribution is 0.0954. The van der Waals surface area contributed by atoms with Crippen molar-refractivity contribution in [1.29, 1.82) is 0 Å². The van der Waals surface area contributed by atoms with Crippen molar-refractivity contribution in [2.45, 2.75) is 25.4 Å². The Balaban J connectivity index is 2.17. The van der Waals surface area contributed by atoms with Crippen LogP contribution in [0.5, 0.6) is 5.75 Å². The predicted octanol–water partition coefficient (Wildman–Crippen LogP) is 2.55. The van der Waals surface area contributed by atoms with Crippen molar-refractivity contribution >= 4 is 11.6 Å². The lowest BCUT2D eigenvalue weighted by atomic mass is 10.2. The summed E-state index contributed by atoms with van der Waals surface area (Å²) in [5.41, 5.74) is 0.759. The number of benzene rings is 1. The molecule has 0 aromatic heterocycles. The average Bonchev–Trinajstić information content (AvgIpc) is 2.91. The van der Waals surface area contributed by atoms with Gasteiger partial charge in [-0.15, -0.1) is 0 Å². The van der Waals surface area contributed by atoms with E-state index in [-0.39, 0.29) is 12.2 Å². The molecule has 2 rings (SSSR count). The molecule has 0 unspecified atom stereocenters. The lowest BCUT2D eigenvalue weighted by Gasteiger charge is -2.16. The number of halogens is 1. The molecular weight excluding hydrogens is 200 g/mol. The summed E-state index contributed by atoms with van der Waals surface area (Å²) in [6.45, 7) is 2.05. The number of hydrogen-bond acceptors (Lipinski definition) is 2. The normalized spacial score (nSPS) is 17.9. The first-order valence-electron chi connectivity index (χ1n) is 4.71. The van der Waals surface area contributed by atoms with E-state index in [9.17, 15) is 0 Å². The topological polar surface area (TPSA) is 29.5 Å². The highest BCUT2D eigenvalue weighted by Crippen LogP contribution is 2.41. The zero-order valence-electron chi connectivity index (χ0n) is 8.09. The van der Waals surface area contributed by atoms with Crippen molar-refractivity contribution < 1.29 is 9.84 Å². The summed E-state index contributed by atoms with van der Waals surface area (Å²) < 4.78 is 5.67. The predicted molar refractivity (Wildman–Crippen MR) is 55.9 cm³/mol. The van der Waals surface area contributed by atoms with E-state index in [2.05, 4.69) is 0 Å². The van der Waals surface area contributed by atoms with Gasteiger partial charge in [-0.05, 0) is 37.5 Å². The number of hydrogen-bond donors (Lipinski definition) is 1. The minimum atomic E-state index is -0.348. The highest BCUT2D eigenvalue weighted by Gasteiger charge is 2.45. The van der Waals surface area contributed by atoms with Gasteiger partial charge in [0.25, 0.3) is 0 Å². The molecule has 2 nitrogen and oxygen atoms in total. The summed E-state index contributed by atoms with van der Waals surface area (Å²) in [5, 5.41) is 9.71. The molecule has 0 amide bonds. The Hall–Kier alpha value is -0.730. The molecule has 0 atom stereocenters. The van der Waals surface area contributed by atoms with Crippen LogP contribution >= 0.6 is 11.6 Å². The molecule has 1 N–H and O–H groups in total. The highest BCUT2D eigenvalue weighted by atomic mass is 35.5. The third-order valence-electron chi connectivity index (χ3n) is 2.51. The molecule has 0 saturated heterocycles. The van der Waals surface area contributed by atoms with Crippen molar-refractivity contribution in [3.8, 4) is 5.75 Å². The molecular formula is C11H13ClO2. The maximum Gasteiger partial charge on any atom is 0.138 e. The van der Waals surface area contributed by atoms with Crippen molar-refractivity contribution in [3.63, 3.8) is 0 Å². The molecule has 1 fully saturated rings. The van der Waals surface area contributed by atoms with Crippen LogP contribution in [-0.2, 0) is 0 Å². The molecule has 1 saturated carbocycles. The molecule has 0 radical (unpaired) electrons. The van der Waals surface area contributed by atoms with Crippen LogP contribution in [0.3, 0.4) is 0 Å². The van der Waals surface area contributed by atoms with Crippen LogP contribution in [0.25, 0.3) is 0 Å². The van der Waals surface area contributed by atoms with Crippen LogP contribution in [0.15, 0.2) is 18.2 Å². The summed E-state index contributed by atoms with van der Waals surface area (Å²) >= 11 is 6.01. The van der Waals surface area contributed by atoms with Gasteiger partial charge in [0.05, 0.1) is 11.6 Å². The SMILES string of the molecule is Cc1ccc(OC2(CO)CC2)c(Cl)c1. The third kappa shape index (κ3) is 1.86. The largest absolute Gasteiger partial charge is 0.483 e. The molecule has 76 valence electrons. The van der Waals surface area contributed by atoms with Crippen LogP contribution in [0.2, 0.25) is 5.02 Å². The highest BCUT2D eigenvalue weighted by molar-refractivity contribution is 6.32. The van der Waals surface area contributed by atoms with Crippen LogP contribution in [0.1, 0.15) is 18.4 Å². The first-order chi connectivity index (χ1) is 6.65. The fourth-order valence-corrected chi connectivity index (χ4v) is 1.63. The minimum Gasteiger partial charge on any atom is -0.483 e. The second-order valence-electron chi connectivity index (χ2n) is 3.88. The van der Waals surface area contributed by atoms with Crippen LogP contribution in [-0.4, -0.2) is 17.3 Å². The van der Waals surface area contributed by atoms with Crippen LogP contribution < -0.4 is 4.74 Å². The van der Waals surface area contributed by atoms with Gasteiger partial charge in [0.15, 0.2) is 0 Å². The Kier molecular flexibility index (Phi) is 2.41. The van der Waals surface area contributed by atoms with E-state index in [0.717, 1.165) is 18.4 Å². The Morgan fingerprint density at radius 2 is 2.21 bits per heavy atom. The number of aliphatic hydroxyl groups excluding tert-OH is 1. The van der Waals surface area contributed by atoms with Crippen molar-refractivity contribution in [3.05, 3.63) is 28.8 Å². The van der Waals surface area contributed by atoms with E-state index >= 15 is 0 Å². The van der Waals surface area contributed by atoms with Gasteiger partial charge in [-0.3, -0.25) is 0 Å². The summed E-state index contributed by atoms with van der Waals surface area (Å²) in [6.07, 6.45) is 1.82.